The fourth-order valence-electron chi connectivity index (χ4n) is 5.04. The smallest absolute Gasteiger partial charge is 0.0507 e. The summed E-state index contributed by atoms with van der Waals surface area (Å²) >= 11 is 0. The molecule has 1 aromatic carbocycles. The van der Waals surface area contributed by atoms with Crippen LogP contribution in [0, 0.1) is 12.8 Å². The summed E-state index contributed by atoms with van der Waals surface area (Å²) in [5, 5.41) is 3.66. The number of hydrogen-bond donors (Lipinski definition) is 1. The molecule has 3 heteroatoms. The molecule has 19 heavy (non-hydrogen) atoms. The van der Waals surface area contributed by atoms with Gasteiger partial charge < -0.3 is 5.32 Å². The Morgan fingerprint density at radius 3 is 2.47 bits per heavy atom. The lowest BCUT2D eigenvalue weighted by Crippen LogP contribution is -2.77. The van der Waals surface area contributed by atoms with E-state index >= 15 is 0 Å². The molecule has 1 aromatic rings. The minimum Gasteiger partial charge on any atom is -0.316 e. The molecule has 3 nitrogen and oxygen atoms in total. The van der Waals surface area contributed by atoms with E-state index in [1.807, 2.05) is 0 Å². The van der Waals surface area contributed by atoms with Crippen LogP contribution in [0.4, 0.5) is 0 Å². The van der Waals surface area contributed by atoms with E-state index in [0.717, 1.165) is 5.92 Å². The molecule has 1 N–H and O–H groups in total. The standard InChI is InChI=1S/C16H23N3/c1-12-5-3-4-6-14(12)16-9-18-7-13(15(16)17-2)8-19(10-16)11-18/h3-6,13,15,17H,7-11H2,1-2H3. The van der Waals surface area contributed by atoms with E-state index in [0.29, 0.717) is 11.5 Å². The van der Waals surface area contributed by atoms with Gasteiger partial charge in [0.1, 0.15) is 0 Å². The molecule has 3 unspecified atom stereocenters. The molecule has 4 saturated heterocycles. The van der Waals surface area contributed by atoms with Crippen molar-refractivity contribution in [3.05, 3.63) is 35.4 Å². The van der Waals surface area contributed by atoms with Crippen LogP contribution in [-0.4, -0.2) is 55.7 Å². The van der Waals surface area contributed by atoms with Crippen molar-refractivity contribution in [2.45, 2.75) is 18.4 Å². The van der Waals surface area contributed by atoms with Gasteiger partial charge in [0.25, 0.3) is 0 Å². The summed E-state index contributed by atoms with van der Waals surface area (Å²) in [5.74, 6) is 0.779. The Kier molecular flexibility index (Phi) is 2.53. The summed E-state index contributed by atoms with van der Waals surface area (Å²) in [7, 11) is 2.15. The summed E-state index contributed by atoms with van der Waals surface area (Å²) < 4.78 is 0. The van der Waals surface area contributed by atoms with Gasteiger partial charge in [-0.1, -0.05) is 24.3 Å². The van der Waals surface area contributed by atoms with Crippen molar-refractivity contribution in [1.29, 1.82) is 0 Å². The molecule has 4 bridgehead atoms. The van der Waals surface area contributed by atoms with Gasteiger partial charge in [0, 0.05) is 43.6 Å². The predicted molar refractivity (Wildman–Crippen MR) is 77.2 cm³/mol. The van der Waals surface area contributed by atoms with Crippen molar-refractivity contribution in [1.82, 2.24) is 15.1 Å². The zero-order chi connectivity index (χ0) is 13.0. The highest BCUT2D eigenvalue weighted by molar-refractivity contribution is 5.39. The second-order valence-electron chi connectivity index (χ2n) is 6.66. The highest BCUT2D eigenvalue weighted by atomic mass is 15.4. The first kappa shape index (κ1) is 11.9. The number of nitrogens with one attached hydrogen (secondary N) is 1. The van der Waals surface area contributed by atoms with Crippen molar-refractivity contribution in [2.75, 3.05) is 39.9 Å². The van der Waals surface area contributed by atoms with E-state index in [1.54, 1.807) is 5.56 Å². The molecular weight excluding hydrogens is 234 g/mol. The van der Waals surface area contributed by atoms with Crippen LogP contribution < -0.4 is 5.32 Å². The predicted octanol–water partition coefficient (Wildman–Crippen LogP) is 1.04. The molecule has 5 rings (SSSR count). The number of likely N-dealkylation sites (N-methyl/N-ethyl adjacent to an activating group) is 1. The maximum absolute atomic E-state index is 3.66. The second kappa shape index (κ2) is 4.05. The average Bonchev–Trinajstić information content (AvgIpc) is 2.38. The van der Waals surface area contributed by atoms with Crippen LogP contribution in [-0.2, 0) is 5.41 Å². The topological polar surface area (TPSA) is 18.5 Å². The highest BCUT2D eigenvalue weighted by Gasteiger charge is 2.56. The zero-order valence-corrected chi connectivity index (χ0v) is 11.9. The lowest BCUT2D eigenvalue weighted by Gasteiger charge is -2.63. The summed E-state index contributed by atoms with van der Waals surface area (Å²) in [6, 6.07) is 9.62. The Labute approximate surface area is 115 Å². The molecule has 4 aliphatic heterocycles. The Morgan fingerprint density at radius 1 is 1.16 bits per heavy atom. The van der Waals surface area contributed by atoms with Gasteiger partial charge >= 0.3 is 0 Å². The Hall–Kier alpha value is -0.900. The third kappa shape index (κ3) is 1.55. The van der Waals surface area contributed by atoms with Crippen molar-refractivity contribution < 1.29 is 0 Å². The third-order valence-corrected chi connectivity index (χ3v) is 5.46. The maximum Gasteiger partial charge on any atom is 0.0507 e. The normalized spacial score (nSPS) is 43.7. The number of rotatable bonds is 2. The van der Waals surface area contributed by atoms with Gasteiger partial charge in [-0.05, 0) is 25.1 Å². The SMILES string of the molecule is CNC1C2CN3CN(C2)CC1(c1ccccc1C)C3. The second-order valence-corrected chi connectivity index (χ2v) is 6.66. The lowest BCUT2D eigenvalue weighted by molar-refractivity contribution is -0.106. The summed E-state index contributed by atoms with van der Waals surface area (Å²) in [5.41, 5.74) is 3.31. The van der Waals surface area contributed by atoms with E-state index in [4.69, 9.17) is 0 Å². The van der Waals surface area contributed by atoms with Gasteiger partial charge in [-0.2, -0.15) is 0 Å². The summed E-state index contributed by atoms with van der Waals surface area (Å²) in [4.78, 5) is 5.30. The Morgan fingerprint density at radius 2 is 1.84 bits per heavy atom. The molecule has 0 amide bonds. The largest absolute Gasteiger partial charge is 0.316 e. The van der Waals surface area contributed by atoms with Crippen molar-refractivity contribution in [3.8, 4) is 0 Å². The molecule has 0 radical (unpaired) electrons. The van der Waals surface area contributed by atoms with Gasteiger partial charge in [0.05, 0.1) is 6.67 Å². The van der Waals surface area contributed by atoms with Gasteiger partial charge in [0.2, 0.25) is 0 Å². The van der Waals surface area contributed by atoms with Crippen molar-refractivity contribution >= 4 is 0 Å². The fourth-order valence-corrected chi connectivity index (χ4v) is 5.04. The van der Waals surface area contributed by atoms with E-state index in [2.05, 4.69) is 53.4 Å². The summed E-state index contributed by atoms with van der Waals surface area (Å²) in [6.45, 7) is 8.43. The first-order chi connectivity index (χ1) is 9.23. The van der Waals surface area contributed by atoms with Crippen LogP contribution >= 0.6 is 0 Å². The number of nitrogens with zero attached hydrogens (tertiary/aromatic N) is 2. The van der Waals surface area contributed by atoms with E-state index in [-0.39, 0.29) is 0 Å². The zero-order valence-electron chi connectivity index (χ0n) is 11.9. The van der Waals surface area contributed by atoms with Gasteiger partial charge in [-0.15, -0.1) is 0 Å². The number of aryl methyl sites for hydroxylation is 1. The van der Waals surface area contributed by atoms with Crippen molar-refractivity contribution in [3.63, 3.8) is 0 Å². The van der Waals surface area contributed by atoms with Crippen LogP contribution in [0.2, 0.25) is 0 Å². The van der Waals surface area contributed by atoms with E-state index in [9.17, 15) is 0 Å². The van der Waals surface area contributed by atoms with Crippen molar-refractivity contribution in [2.24, 2.45) is 5.92 Å². The van der Waals surface area contributed by atoms with Crippen LogP contribution in [0.15, 0.2) is 24.3 Å². The molecule has 4 fully saturated rings. The molecular formula is C16H23N3. The first-order valence-corrected chi connectivity index (χ1v) is 7.41. The molecule has 4 aliphatic rings. The molecule has 4 heterocycles. The average molecular weight is 257 g/mol. The van der Waals surface area contributed by atoms with Crippen LogP contribution in [0.3, 0.4) is 0 Å². The van der Waals surface area contributed by atoms with E-state index < -0.39 is 0 Å². The highest BCUT2D eigenvalue weighted by Crippen LogP contribution is 2.45. The van der Waals surface area contributed by atoms with Crippen LogP contribution in [0.1, 0.15) is 11.1 Å². The minimum atomic E-state index is 0.291. The Bertz CT molecular complexity index is 485. The van der Waals surface area contributed by atoms with E-state index in [1.165, 1.54) is 38.4 Å². The minimum absolute atomic E-state index is 0.291. The first-order valence-electron chi connectivity index (χ1n) is 7.41. The number of benzene rings is 1. The molecule has 0 aliphatic carbocycles. The number of hydrogen-bond acceptors (Lipinski definition) is 3. The molecule has 0 saturated carbocycles. The lowest BCUT2D eigenvalue weighted by atomic mass is 9.62. The molecule has 102 valence electrons. The Balaban J connectivity index is 1.85. The monoisotopic (exact) mass is 257 g/mol. The van der Waals surface area contributed by atoms with Crippen LogP contribution in [0.25, 0.3) is 0 Å². The van der Waals surface area contributed by atoms with Crippen LogP contribution in [0.5, 0.6) is 0 Å². The number of piperidine rings is 2. The van der Waals surface area contributed by atoms with Gasteiger partial charge in [-0.3, -0.25) is 9.80 Å². The molecule has 0 spiro atoms. The summed E-state index contributed by atoms with van der Waals surface area (Å²) in [6.07, 6.45) is 0. The third-order valence-electron chi connectivity index (χ3n) is 5.46. The van der Waals surface area contributed by atoms with Gasteiger partial charge in [0.15, 0.2) is 0 Å². The fraction of sp³-hybridized carbons (Fsp3) is 0.625. The van der Waals surface area contributed by atoms with Gasteiger partial charge in [-0.25, -0.2) is 0 Å². The maximum atomic E-state index is 3.66. The quantitative estimate of drug-likeness (QED) is 0.854. The molecule has 0 aromatic heterocycles. The molecule has 3 atom stereocenters.